The molecular weight excluding hydrogens is 216 g/mol. The second-order valence-electron chi connectivity index (χ2n) is 3.35. The molecule has 4 nitrogen and oxygen atoms in total. The maximum absolute atomic E-state index is 10.8. The zero-order chi connectivity index (χ0) is 10.7. The van der Waals surface area contributed by atoms with Crippen LogP contribution in [0.15, 0.2) is 11.4 Å². The Kier molecular flexibility index (Phi) is 3.23. The Morgan fingerprint density at radius 1 is 1.53 bits per heavy atom. The first-order valence-corrected chi connectivity index (χ1v) is 5.70. The van der Waals surface area contributed by atoms with Crippen molar-refractivity contribution in [1.29, 1.82) is 0 Å². The van der Waals surface area contributed by atoms with Gasteiger partial charge in [-0.15, -0.1) is 11.3 Å². The summed E-state index contributed by atoms with van der Waals surface area (Å²) in [5.41, 5.74) is 0. The molecule has 0 spiro atoms. The predicted octanol–water partition coefficient (Wildman–Crippen LogP) is 2.00. The Bertz CT molecular complexity index is 341. The van der Waals surface area contributed by atoms with Crippen LogP contribution in [-0.2, 0) is 4.74 Å². The van der Waals surface area contributed by atoms with Gasteiger partial charge in [-0.2, -0.15) is 0 Å². The molecule has 2 heterocycles. The van der Waals surface area contributed by atoms with Gasteiger partial charge < -0.3 is 14.6 Å². The summed E-state index contributed by atoms with van der Waals surface area (Å²) >= 11 is 1.19. The Hall–Kier alpha value is -1.07. The summed E-state index contributed by atoms with van der Waals surface area (Å²) in [7, 11) is 0. The summed E-state index contributed by atoms with van der Waals surface area (Å²) in [6.07, 6.45) is 1.75. The van der Waals surface area contributed by atoms with E-state index in [2.05, 4.69) is 0 Å². The second kappa shape index (κ2) is 4.63. The molecule has 5 heteroatoms. The molecule has 0 saturated carbocycles. The van der Waals surface area contributed by atoms with Crippen LogP contribution >= 0.6 is 11.3 Å². The molecule has 15 heavy (non-hydrogen) atoms. The minimum absolute atomic E-state index is 0.0893. The summed E-state index contributed by atoms with van der Waals surface area (Å²) in [6.45, 7) is 1.38. The van der Waals surface area contributed by atoms with Gasteiger partial charge in [0.05, 0.1) is 13.2 Å². The molecule has 0 aromatic carbocycles. The van der Waals surface area contributed by atoms with Crippen LogP contribution in [0.4, 0.5) is 0 Å². The monoisotopic (exact) mass is 228 g/mol. The fourth-order valence-electron chi connectivity index (χ4n) is 1.52. The zero-order valence-electron chi connectivity index (χ0n) is 8.14. The molecule has 82 valence electrons. The van der Waals surface area contributed by atoms with Gasteiger partial charge in [0, 0.05) is 12.8 Å². The number of thiophene rings is 1. The smallest absolute Gasteiger partial charge is 0.349 e. The van der Waals surface area contributed by atoms with Crippen molar-refractivity contribution >= 4 is 17.3 Å². The molecule has 1 aromatic heterocycles. The van der Waals surface area contributed by atoms with E-state index in [1.54, 1.807) is 11.4 Å². The van der Waals surface area contributed by atoms with E-state index in [4.69, 9.17) is 14.6 Å². The quantitative estimate of drug-likeness (QED) is 0.859. The van der Waals surface area contributed by atoms with Gasteiger partial charge >= 0.3 is 5.97 Å². The normalized spacial score (nSPS) is 17.6. The summed E-state index contributed by atoms with van der Waals surface area (Å²) in [6, 6.07) is 1.71. The lowest BCUT2D eigenvalue weighted by atomic mass is 10.1. The highest BCUT2D eigenvalue weighted by atomic mass is 32.1. The van der Waals surface area contributed by atoms with Crippen molar-refractivity contribution < 1.29 is 19.4 Å². The maximum atomic E-state index is 10.8. The molecular formula is C10H12O4S. The van der Waals surface area contributed by atoms with Crippen LogP contribution in [0.25, 0.3) is 0 Å². The SMILES string of the molecule is O=C(O)c1sccc1OC1CCOCC1. The van der Waals surface area contributed by atoms with E-state index in [1.807, 2.05) is 0 Å². The van der Waals surface area contributed by atoms with Crippen molar-refractivity contribution in [3.8, 4) is 5.75 Å². The van der Waals surface area contributed by atoms with E-state index in [0.717, 1.165) is 12.8 Å². The topological polar surface area (TPSA) is 55.8 Å². The van der Waals surface area contributed by atoms with Crippen molar-refractivity contribution in [2.45, 2.75) is 18.9 Å². The zero-order valence-corrected chi connectivity index (χ0v) is 8.96. The molecule has 1 N–H and O–H groups in total. The van der Waals surface area contributed by atoms with Crippen LogP contribution in [0.3, 0.4) is 0 Å². The van der Waals surface area contributed by atoms with Crippen LogP contribution in [0.2, 0.25) is 0 Å². The molecule has 1 aliphatic rings. The number of aromatic carboxylic acids is 1. The van der Waals surface area contributed by atoms with Gasteiger partial charge in [0.1, 0.15) is 11.9 Å². The highest BCUT2D eigenvalue weighted by Gasteiger charge is 2.19. The van der Waals surface area contributed by atoms with Crippen LogP contribution < -0.4 is 4.74 Å². The average Bonchev–Trinajstić information content (AvgIpc) is 2.67. The van der Waals surface area contributed by atoms with E-state index >= 15 is 0 Å². The molecule has 1 aromatic rings. The average molecular weight is 228 g/mol. The van der Waals surface area contributed by atoms with Crippen molar-refractivity contribution in [3.05, 3.63) is 16.3 Å². The highest BCUT2D eigenvalue weighted by molar-refractivity contribution is 7.12. The molecule has 0 amide bonds. The predicted molar refractivity (Wildman–Crippen MR) is 55.7 cm³/mol. The summed E-state index contributed by atoms with van der Waals surface area (Å²) in [4.78, 5) is 11.1. The summed E-state index contributed by atoms with van der Waals surface area (Å²) in [5, 5.41) is 10.6. The lowest BCUT2D eigenvalue weighted by molar-refractivity contribution is 0.0251. The summed E-state index contributed by atoms with van der Waals surface area (Å²) in [5.74, 6) is -0.438. The lowest BCUT2D eigenvalue weighted by Gasteiger charge is -2.22. The molecule has 1 fully saturated rings. The number of rotatable bonds is 3. The molecule has 0 aliphatic carbocycles. The van der Waals surface area contributed by atoms with E-state index in [-0.39, 0.29) is 11.0 Å². The second-order valence-corrected chi connectivity index (χ2v) is 4.26. The Labute approximate surface area is 91.4 Å². The van der Waals surface area contributed by atoms with Gasteiger partial charge in [-0.05, 0) is 11.4 Å². The number of hydrogen-bond acceptors (Lipinski definition) is 4. The third-order valence-corrected chi connectivity index (χ3v) is 3.17. The number of carboxylic acid groups (broad SMARTS) is 1. The first-order valence-electron chi connectivity index (χ1n) is 4.82. The van der Waals surface area contributed by atoms with Gasteiger partial charge in [0.15, 0.2) is 4.88 Å². The van der Waals surface area contributed by atoms with Crippen molar-refractivity contribution in [2.24, 2.45) is 0 Å². The summed E-state index contributed by atoms with van der Waals surface area (Å²) < 4.78 is 10.8. The minimum atomic E-state index is -0.924. The maximum Gasteiger partial charge on any atom is 0.349 e. The van der Waals surface area contributed by atoms with Gasteiger partial charge in [-0.25, -0.2) is 4.79 Å². The molecule has 1 saturated heterocycles. The molecule has 0 radical (unpaired) electrons. The number of carboxylic acids is 1. The van der Waals surface area contributed by atoms with Crippen LogP contribution in [-0.4, -0.2) is 30.4 Å². The van der Waals surface area contributed by atoms with E-state index in [1.165, 1.54) is 11.3 Å². The molecule has 2 rings (SSSR count). The highest BCUT2D eigenvalue weighted by Crippen LogP contribution is 2.27. The Morgan fingerprint density at radius 2 is 2.27 bits per heavy atom. The van der Waals surface area contributed by atoms with Crippen LogP contribution in [0, 0.1) is 0 Å². The van der Waals surface area contributed by atoms with E-state index in [9.17, 15) is 4.79 Å². The fourth-order valence-corrected chi connectivity index (χ4v) is 2.18. The number of carbonyl (C=O) groups is 1. The van der Waals surface area contributed by atoms with Crippen molar-refractivity contribution in [1.82, 2.24) is 0 Å². The molecule has 0 bridgehead atoms. The molecule has 1 aliphatic heterocycles. The van der Waals surface area contributed by atoms with E-state index in [0.29, 0.717) is 19.0 Å². The number of hydrogen-bond donors (Lipinski definition) is 1. The van der Waals surface area contributed by atoms with Crippen molar-refractivity contribution in [3.63, 3.8) is 0 Å². The molecule has 0 unspecified atom stereocenters. The Morgan fingerprint density at radius 3 is 2.93 bits per heavy atom. The fraction of sp³-hybridized carbons (Fsp3) is 0.500. The number of ether oxygens (including phenoxy) is 2. The largest absolute Gasteiger partial charge is 0.488 e. The van der Waals surface area contributed by atoms with Gasteiger partial charge in [0.25, 0.3) is 0 Å². The Balaban J connectivity index is 2.03. The first-order chi connectivity index (χ1) is 7.27. The van der Waals surface area contributed by atoms with Gasteiger partial charge in [-0.1, -0.05) is 0 Å². The van der Waals surface area contributed by atoms with Crippen molar-refractivity contribution in [2.75, 3.05) is 13.2 Å². The third-order valence-electron chi connectivity index (χ3n) is 2.29. The van der Waals surface area contributed by atoms with Gasteiger partial charge in [0.2, 0.25) is 0 Å². The first kappa shape index (κ1) is 10.4. The van der Waals surface area contributed by atoms with Crippen LogP contribution in [0.1, 0.15) is 22.5 Å². The lowest BCUT2D eigenvalue weighted by Crippen LogP contribution is -2.26. The molecule has 0 atom stereocenters. The van der Waals surface area contributed by atoms with E-state index < -0.39 is 5.97 Å². The van der Waals surface area contributed by atoms with Gasteiger partial charge in [-0.3, -0.25) is 0 Å². The minimum Gasteiger partial charge on any atom is -0.488 e. The van der Waals surface area contributed by atoms with Crippen LogP contribution in [0.5, 0.6) is 5.75 Å². The third kappa shape index (κ3) is 2.49. The standard InChI is InChI=1S/C10H12O4S/c11-10(12)9-8(3-6-15-9)14-7-1-4-13-5-2-7/h3,6-7H,1-2,4-5H2,(H,11,12).